The fourth-order valence-electron chi connectivity index (χ4n) is 2.64. The molecule has 1 aromatic heterocycles. The molecule has 0 saturated heterocycles. The van der Waals surface area contributed by atoms with E-state index in [2.05, 4.69) is 10.3 Å². The molecule has 0 aliphatic heterocycles. The fraction of sp³-hybridized carbons (Fsp3) is 0.105. The van der Waals surface area contributed by atoms with Crippen LogP contribution in [0.5, 0.6) is 0 Å². The summed E-state index contributed by atoms with van der Waals surface area (Å²) in [7, 11) is 0. The van der Waals surface area contributed by atoms with E-state index in [1.165, 1.54) is 6.92 Å². The highest BCUT2D eigenvalue weighted by Crippen LogP contribution is 2.27. The fourth-order valence-corrected chi connectivity index (χ4v) is 2.64. The van der Waals surface area contributed by atoms with Gasteiger partial charge in [0.1, 0.15) is 0 Å². The van der Waals surface area contributed by atoms with Crippen LogP contribution >= 0.6 is 0 Å². The highest BCUT2D eigenvalue weighted by Gasteiger charge is 2.14. The van der Waals surface area contributed by atoms with Gasteiger partial charge < -0.3 is 10.4 Å². The molecule has 0 fully saturated rings. The van der Waals surface area contributed by atoms with E-state index in [4.69, 9.17) is 0 Å². The zero-order valence-electron chi connectivity index (χ0n) is 13.3. The lowest BCUT2D eigenvalue weighted by Crippen LogP contribution is -2.06. The first-order chi connectivity index (χ1) is 11.4. The van der Waals surface area contributed by atoms with Crippen LogP contribution in [0.25, 0.3) is 22.2 Å². The van der Waals surface area contributed by atoms with Gasteiger partial charge in [-0.15, -0.1) is 0 Å². The van der Waals surface area contributed by atoms with E-state index in [-0.39, 0.29) is 11.5 Å². The first kappa shape index (κ1) is 15.7. The Kier molecular flexibility index (Phi) is 4.00. The third-order valence-corrected chi connectivity index (χ3v) is 3.67. The third-order valence-electron chi connectivity index (χ3n) is 3.67. The molecule has 0 bridgehead atoms. The van der Waals surface area contributed by atoms with Crippen LogP contribution in [0.2, 0.25) is 0 Å². The third kappa shape index (κ3) is 3.10. The summed E-state index contributed by atoms with van der Waals surface area (Å²) in [6, 6.07) is 14.4. The number of carboxylic acids is 1. The van der Waals surface area contributed by atoms with Crippen molar-refractivity contribution in [3.63, 3.8) is 0 Å². The summed E-state index contributed by atoms with van der Waals surface area (Å²) in [4.78, 5) is 27.5. The summed E-state index contributed by atoms with van der Waals surface area (Å²) in [6.45, 7) is 3.38. The molecule has 0 unspecified atom stereocenters. The minimum atomic E-state index is -1.03. The largest absolute Gasteiger partial charge is 0.478 e. The van der Waals surface area contributed by atoms with Gasteiger partial charge >= 0.3 is 5.97 Å². The van der Waals surface area contributed by atoms with Gasteiger partial charge in [-0.05, 0) is 37.3 Å². The Labute approximate surface area is 139 Å². The molecular formula is C19H16N2O3. The maximum atomic E-state index is 11.7. The summed E-state index contributed by atoms with van der Waals surface area (Å²) < 4.78 is 0. The van der Waals surface area contributed by atoms with Crippen molar-refractivity contribution in [2.45, 2.75) is 13.8 Å². The monoisotopic (exact) mass is 320 g/mol. The number of rotatable bonds is 3. The van der Waals surface area contributed by atoms with E-state index in [0.29, 0.717) is 22.3 Å². The average molecular weight is 320 g/mol. The molecule has 0 spiro atoms. The predicted molar refractivity (Wildman–Crippen MR) is 93.2 cm³/mol. The molecule has 120 valence electrons. The number of carbonyl (C=O) groups is 2. The minimum absolute atomic E-state index is 0.156. The lowest BCUT2D eigenvalue weighted by Gasteiger charge is -2.10. The molecule has 0 aliphatic rings. The molecule has 3 aromatic rings. The number of anilines is 1. The van der Waals surface area contributed by atoms with Gasteiger partial charge in [-0.2, -0.15) is 0 Å². The Balaban J connectivity index is 2.21. The number of carboxylic acid groups (broad SMARTS) is 1. The van der Waals surface area contributed by atoms with Crippen LogP contribution in [0.15, 0.2) is 48.5 Å². The first-order valence-corrected chi connectivity index (χ1v) is 7.47. The summed E-state index contributed by atoms with van der Waals surface area (Å²) in [5.74, 6) is -1.24. The van der Waals surface area contributed by atoms with E-state index >= 15 is 0 Å². The quantitative estimate of drug-likeness (QED) is 0.768. The van der Waals surface area contributed by atoms with Crippen LogP contribution in [0.3, 0.4) is 0 Å². The number of amides is 1. The van der Waals surface area contributed by atoms with Crippen molar-refractivity contribution in [1.82, 2.24) is 4.98 Å². The number of hydrogen-bond acceptors (Lipinski definition) is 3. The molecule has 5 nitrogen and oxygen atoms in total. The SMILES string of the molecule is CC(=O)Nc1ccc2nc(-c3cccc(C)c3)cc(C(=O)O)c2c1. The van der Waals surface area contributed by atoms with Crippen LogP contribution in [-0.4, -0.2) is 22.0 Å². The van der Waals surface area contributed by atoms with Crippen molar-refractivity contribution in [3.8, 4) is 11.3 Å². The summed E-state index contributed by atoms with van der Waals surface area (Å²) in [5.41, 5.74) is 3.82. The van der Waals surface area contributed by atoms with Crippen molar-refractivity contribution in [3.05, 3.63) is 59.7 Å². The molecule has 2 N–H and O–H groups in total. The molecule has 24 heavy (non-hydrogen) atoms. The van der Waals surface area contributed by atoms with E-state index in [1.807, 2.05) is 31.2 Å². The number of benzene rings is 2. The van der Waals surface area contributed by atoms with Gasteiger partial charge in [0.15, 0.2) is 0 Å². The predicted octanol–water partition coefficient (Wildman–Crippen LogP) is 3.87. The number of aromatic carboxylic acids is 1. The summed E-state index contributed by atoms with van der Waals surface area (Å²) in [5, 5.41) is 12.7. The minimum Gasteiger partial charge on any atom is -0.478 e. The number of pyridine rings is 1. The second-order valence-corrected chi connectivity index (χ2v) is 5.64. The number of aromatic nitrogens is 1. The van der Waals surface area contributed by atoms with Gasteiger partial charge in [0.05, 0.1) is 16.8 Å². The molecule has 1 heterocycles. The zero-order valence-corrected chi connectivity index (χ0v) is 13.3. The normalized spacial score (nSPS) is 10.6. The summed E-state index contributed by atoms with van der Waals surface area (Å²) in [6.07, 6.45) is 0. The maximum absolute atomic E-state index is 11.7. The highest BCUT2D eigenvalue weighted by atomic mass is 16.4. The molecular weight excluding hydrogens is 304 g/mol. The van der Waals surface area contributed by atoms with Crippen LogP contribution in [0.4, 0.5) is 5.69 Å². The van der Waals surface area contributed by atoms with Gasteiger partial charge in [0.25, 0.3) is 0 Å². The lowest BCUT2D eigenvalue weighted by molar-refractivity contribution is -0.114. The molecule has 0 saturated carbocycles. The van der Waals surface area contributed by atoms with Crippen LogP contribution in [-0.2, 0) is 4.79 Å². The molecule has 0 radical (unpaired) electrons. The second kappa shape index (κ2) is 6.12. The van der Waals surface area contributed by atoms with E-state index in [0.717, 1.165) is 11.1 Å². The molecule has 2 aromatic carbocycles. The molecule has 1 amide bonds. The molecule has 0 aliphatic carbocycles. The number of aryl methyl sites for hydroxylation is 1. The van der Waals surface area contributed by atoms with Crippen LogP contribution < -0.4 is 5.32 Å². The highest BCUT2D eigenvalue weighted by molar-refractivity contribution is 6.05. The number of nitrogens with zero attached hydrogens (tertiary/aromatic N) is 1. The topological polar surface area (TPSA) is 79.3 Å². The molecule has 3 rings (SSSR count). The van der Waals surface area contributed by atoms with E-state index in [1.54, 1.807) is 24.3 Å². The Hall–Kier alpha value is -3.21. The van der Waals surface area contributed by atoms with Crippen molar-refractivity contribution in [1.29, 1.82) is 0 Å². The van der Waals surface area contributed by atoms with Crippen molar-refractivity contribution in [2.75, 3.05) is 5.32 Å². The van der Waals surface area contributed by atoms with Crippen molar-refractivity contribution >= 4 is 28.5 Å². The van der Waals surface area contributed by atoms with Gasteiger partial charge in [0.2, 0.25) is 5.91 Å². The van der Waals surface area contributed by atoms with Crippen molar-refractivity contribution < 1.29 is 14.7 Å². The second-order valence-electron chi connectivity index (χ2n) is 5.64. The van der Waals surface area contributed by atoms with Crippen LogP contribution in [0.1, 0.15) is 22.8 Å². The smallest absolute Gasteiger partial charge is 0.336 e. The molecule has 5 heteroatoms. The van der Waals surface area contributed by atoms with E-state index in [9.17, 15) is 14.7 Å². The Morgan fingerprint density at radius 3 is 2.54 bits per heavy atom. The Morgan fingerprint density at radius 1 is 1.08 bits per heavy atom. The van der Waals surface area contributed by atoms with Gasteiger partial charge in [-0.3, -0.25) is 4.79 Å². The lowest BCUT2D eigenvalue weighted by atomic mass is 10.0. The van der Waals surface area contributed by atoms with E-state index < -0.39 is 5.97 Å². The first-order valence-electron chi connectivity index (χ1n) is 7.47. The van der Waals surface area contributed by atoms with Gasteiger partial charge in [0, 0.05) is 23.6 Å². The average Bonchev–Trinajstić information content (AvgIpc) is 2.53. The van der Waals surface area contributed by atoms with Gasteiger partial charge in [-0.1, -0.05) is 23.8 Å². The zero-order chi connectivity index (χ0) is 17.3. The Morgan fingerprint density at radius 2 is 1.88 bits per heavy atom. The number of hydrogen-bond donors (Lipinski definition) is 2. The van der Waals surface area contributed by atoms with Gasteiger partial charge in [-0.25, -0.2) is 9.78 Å². The Bertz CT molecular complexity index is 964. The number of fused-ring (bicyclic) bond motifs is 1. The molecule has 0 atom stereocenters. The van der Waals surface area contributed by atoms with Crippen molar-refractivity contribution in [2.24, 2.45) is 0 Å². The van der Waals surface area contributed by atoms with Crippen LogP contribution in [0, 0.1) is 6.92 Å². The summed E-state index contributed by atoms with van der Waals surface area (Å²) >= 11 is 0. The number of nitrogens with one attached hydrogen (secondary N) is 1. The maximum Gasteiger partial charge on any atom is 0.336 e. The number of carbonyl (C=O) groups excluding carboxylic acids is 1. The standard InChI is InChI=1S/C19H16N2O3/c1-11-4-3-5-13(8-11)18-10-16(19(23)24)15-9-14(20-12(2)22)6-7-17(15)21-18/h3-10H,1-2H3,(H,20,22)(H,23,24).